The van der Waals surface area contributed by atoms with Crippen molar-refractivity contribution >= 4 is 12.0 Å². The highest BCUT2D eigenvalue weighted by molar-refractivity contribution is 5.98. The Labute approximate surface area is 142 Å². The number of ether oxygens (including phenoxy) is 3. The molecule has 2 rings (SSSR count). The van der Waals surface area contributed by atoms with E-state index in [0.717, 1.165) is 25.7 Å². The molecule has 1 aliphatic heterocycles. The fourth-order valence-electron chi connectivity index (χ4n) is 2.48. The number of benzene rings is 1. The van der Waals surface area contributed by atoms with E-state index in [1.807, 2.05) is 6.07 Å². The summed E-state index contributed by atoms with van der Waals surface area (Å²) in [6.45, 7) is 4.77. The van der Waals surface area contributed by atoms with Gasteiger partial charge in [-0.15, -0.1) is 0 Å². The lowest BCUT2D eigenvalue weighted by molar-refractivity contribution is -0.139. The standard InChI is InChI=1S/C19H23NO4/c1-3-5-6-14(4-2)12-22-19(21)16(11-20)9-15-7-8-17-18(10-15)24-13-23-17/h7-10,14H,3-6,12-13H2,1-2H3/b16-9-/t14-/m1/s1. The second-order valence-corrected chi connectivity index (χ2v) is 5.80. The van der Waals surface area contributed by atoms with Gasteiger partial charge in [-0.2, -0.15) is 5.26 Å². The molecule has 0 saturated heterocycles. The number of fused-ring (bicyclic) bond motifs is 1. The van der Waals surface area contributed by atoms with Crippen LogP contribution in [0.2, 0.25) is 0 Å². The van der Waals surface area contributed by atoms with Crippen molar-refractivity contribution in [1.82, 2.24) is 0 Å². The van der Waals surface area contributed by atoms with E-state index in [-0.39, 0.29) is 12.4 Å². The number of carbonyl (C=O) groups is 1. The van der Waals surface area contributed by atoms with Crippen LogP contribution >= 0.6 is 0 Å². The molecule has 1 aliphatic rings. The average molecular weight is 329 g/mol. The Bertz CT molecular complexity index is 645. The molecule has 5 heteroatoms. The normalized spacial score (nSPS) is 14.1. The highest BCUT2D eigenvalue weighted by atomic mass is 16.7. The first-order valence-corrected chi connectivity index (χ1v) is 8.36. The molecule has 0 amide bonds. The van der Waals surface area contributed by atoms with E-state index in [0.29, 0.717) is 29.6 Å². The van der Waals surface area contributed by atoms with Gasteiger partial charge >= 0.3 is 5.97 Å². The van der Waals surface area contributed by atoms with Gasteiger partial charge in [-0.3, -0.25) is 0 Å². The van der Waals surface area contributed by atoms with Crippen molar-refractivity contribution in [3.05, 3.63) is 29.3 Å². The molecule has 0 spiro atoms. The predicted molar refractivity (Wildman–Crippen MR) is 90.4 cm³/mol. The first kappa shape index (κ1) is 17.9. The summed E-state index contributed by atoms with van der Waals surface area (Å²) in [5.74, 6) is 1.04. The molecule has 0 radical (unpaired) electrons. The Morgan fingerprint density at radius 3 is 2.88 bits per heavy atom. The molecule has 0 saturated carbocycles. The number of nitriles is 1. The van der Waals surface area contributed by atoms with E-state index in [4.69, 9.17) is 14.2 Å². The van der Waals surface area contributed by atoms with Crippen molar-refractivity contribution in [3.63, 3.8) is 0 Å². The largest absolute Gasteiger partial charge is 0.461 e. The molecule has 0 N–H and O–H groups in total. The van der Waals surface area contributed by atoms with Crippen molar-refractivity contribution < 1.29 is 19.0 Å². The van der Waals surface area contributed by atoms with Gasteiger partial charge < -0.3 is 14.2 Å². The summed E-state index contributed by atoms with van der Waals surface area (Å²) >= 11 is 0. The SMILES string of the molecule is CCCC[C@@H](CC)COC(=O)/C(C#N)=C\c1ccc2c(c1)OCO2. The zero-order valence-electron chi connectivity index (χ0n) is 14.2. The number of hydrogen-bond donors (Lipinski definition) is 0. The number of hydrogen-bond acceptors (Lipinski definition) is 5. The molecule has 1 aromatic rings. The van der Waals surface area contributed by atoms with Crippen LogP contribution in [0.25, 0.3) is 6.08 Å². The zero-order chi connectivity index (χ0) is 17.4. The van der Waals surface area contributed by atoms with Gasteiger partial charge in [-0.25, -0.2) is 4.79 Å². The lowest BCUT2D eigenvalue weighted by Gasteiger charge is -2.14. The van der Waals surface area contributed by atoms with Crippen LogP contribution in [0.5, 0.6) is 11.5 Å². The molecule has 0 aliphatic carbocycles. The lowest BCUT2D eigenvalue weighted by atomic mass is 10.0. The average Bonchev–Trinajstić information content (AvgIpc) is 3.07. The van der Waals surface area contributed by atoms with Gasteiger partial charge in [0.1, 0.15) is 11.6 Å². The topological polar surface area (TPSA) is 68.6 Å². The van der Waals surface area contributed by atoms with E-state index in [1.165, 1.54) is 6.08 Å². The summed E-state index contributed by atoms with van der Waals surface area (Å²) in [5.41, 5.74) is 0.685. The summed E-state index contributed by atoms with van der Waals surface area (Å²) in [4.78, 5) is 12.1. The van der Waals surface area contributed by atoms with E-state index >= 15 is 0 Å². The number of carbonyl (C=O) groups excluding carboxylic acids is 1. The molecule has 128 valence electrons. The molecule has 5 nitrogen and oxygen atoms in total. The highest BCUT2D eigenvalue weighted by Crippen LogP contribution is 2.33. The Morgan fingerprint density at radius 1 is 1.38 bits per heavy atom. The first-order chi connectivity index (χ1) is 11.7. The van der Waals surface area contributed by atoms with Gasteiger partial charge in [-0.05, 0) is 36.1 Å². The number of unbranched alkanes of at least 4 members (excludes halogenated alkanes) is 1. The summed E-state index contributed by atoms with van der Waals surface area (Å²) in [5, 5.41) is 9.24. The molecule has 1 heterocycles. The van der Waals surface area contributed by atoms with Gasteiger partial charge in [0.05, 0.1) is 6.61 Å². The van der Waals surface area contributed by atoms with E-state index in [9.17, 15) is 10.1 Å². The molecule has 0 fully saturated rings. The van der Waals surface area contributed by atoms with Gasteiger partial charge in [0.15, 0.2) is 11.5 Å². The summed E-state index contributed by atoms with van der Waals surface area (Å²) in [7, 11) is 0. The maximum Gasteiger partial charge on any atom is 0.348 e. The molecular weight excluding hydrogens is 306 g/mol. The number of rotatable bonds is 8. The Morgan fingerprint density at radius 2 is 2.17 bits per heavy atom. The van der Waals surface area contributed by atoms with Crippen molar-refractivity contribution in [2.45, 2.75) is 39.5 Å². The smallest absolute Gasteiger partial charge is 0.348 e. The van der Waals surface area contributed by atoms with Crippen molar-refractivity contribution in [3.8, 4) is 17.6 Å². The van der Waals surface area contributed by atoms with Crippen LogP contribution in [-0.2, 0) is 9.53 Å². The lowest BCUT2D eigenvalue weighted by Crippen LogP contribution is -2.15. The highest BCUT2D eigenvalue weighted by Gasteiger charge is 2.16. The van der Waals surface area contributed by atoms with Crippen LogP contribution < -0.4 is 9.47 Å². The van der Waals surface area contributed by atoms with Crippen LogP contribution in [0.4, 0.5) is 0 Å². The third-order valence-electron chi connectivity index (χ3n) is 4.04. The Kier molecular flexibility index (Phi) is 6.68. The maximum absolute atomic E-state index is 12.1. The third-order valence-corrected chi connectivity index (χ3v) is 4.04. The first-order valence-electron chi connectivity index (χ1n) is 8.36. The van der Waals surface area contributed by atoms with Crippen molar-refractivity contribution in [2.75, 3.05) is 13.4 Å². The molecule has 0 unspecified atom stereocenters. The number of esters is 1. The van der Waals surface area contributed by atoms with E-state index in [2.05, 4.69) is 13.8 Å². The molecule has 1 aromatic carbocycles. The van der Waals surface area contributed by atoms with Crippen LogP contribution in [0, 0.1) is 17.2 Å². The second kappa shape index (κ2) is 8.97. The van der Waals surface area contributed by atoms with E-state index < -0.39 is 5.97 Å². The quantitative estimate of drug-likeness (QED) is 0.408. The van der Waals surface area contributed by atoms with Crippen LogP contribution in [0.3, 0.4) is 0 Å². The molecular formula is C19H23NO4. The number of nitrogens with zero attached hydrogens (tertiary/aromatic N) is 1. The molecule has 24 heavy (non-hydrogen) atoms. The summed E-state index contributed by atoms with van der Waals surface area (Å²) in [6, 6.07) is 7.18. The fraction of sp³-hybridized carbons (Fsp3) is 0.474. The van der Waals surface area contributed by atoms with Gasteiger partial charge in [0, 0.05) is 0 Å². The molecule has 0 bridgehead atoms. The van der Waals surface area contributed by atoms with Crippen molar-refractivity contribution in [2.24, 2.45) is 5.92 Å². The van der Waals surface area contributed by atoms with Gasteiger partial charge in [0.25, 0.3) is 0 Å². The monoisotopic (exact) mass is 329 g/mol. The van der Waals surface area contributed by atoms with Gasteiger partial charge in [0.2, 0.25) is 6.79 Å². The minimum Gasteiger partial charge on any atom is -0.461 e. The maximum atomic E-state index is 12.1. The van der Waals surface area contributed by atoms with Crippen LogP contribution in [-0.4, -0.2) is 19.4 Å². The fourth-order valence-corrected chi connectivity index (χ4v) is 2.48. The van der Waals surface area contributed by atoms with Crippen LogP contribution in [0.15, 0.2) is 23.8 Å². The molecule has 1 atom stereocenters. The summed E-state index contributed by atoms with van der Waals surface area (Å²) < 4.78 is 15.9. The minimum absolute atomic E-state index is 0.0146. The van der Waals surface area contributed by atoms with E-state index in [1.54, 1.807) is 18.2 Å². The van der Waals surface area contributed by atoms with Gasteiger partial charge in [-0.1, -0.05) is 39.2 Å². The second-order valence-electron chi connectivity index (χ2n) is 5.80. The van der Waals surface area contributed by atoms with Crippen molar-refractivity contribution in [1.29, 1.82) is 5.26 Å². The Balaban J connectivity index is 1.99. The summed E-state index contributed by atoms with van der Waals surface area (Å²) in [6.07, 6.45) is 5.75. The minimum atomic E-state index is -0.579. The van der Waals surface area contributed by atoms with Crippen LogP contribution in [0.1, 0.15) is 45.1 Å². The predicted octanol–water partition coefficient (Wildman–Crippen LogP) is 4.08. The zero-order valence-corrected chi connectivity index (χ0v) is 14.2. The molecule has 0 aromatic heterocycles. The third kappa shape index (κ3) is 4.76. The Hall–Kier alpha value is -2.48.